The lowest BCUT2D eigenvalue weighted by Gasteiger charge is -2.37. The number of anilines is 1. The van der Waals surface area contributed by atoms with Gasteiger partial charge in [-0.05, 0) is 25.0 Å². The van der Waals surface area contributed by atoms with E-state index in [1.165, 1.54) is 13.3 Å². The number of ether oxygens (including phenoxy) is 1. The number of para-hydroxylation sites is 1. The molecule has 1 saturated carbocycles. The highest BCUT2D eigenvalue weighted by molar-refractivity contribution is 5.97. The molecule has 1 aliphatic carbocycles. The number of rotatable bonds is 8. The van der Waals surface area contributed by atoms with Crippen molar-refractivity contribution in [1.29, 1.82) is 0 Å². The molecular weight excluding hydrogens is 561 g/mol. The Balaban J connectivity index is 1.24. The minimum Gasteiger partial charge on any atom is -0.493 e. The highest BCUT2D eigenvalue weighted by Crippen LogP contribution is 2.44. The summed E-state index contributed by atoms with van der Waals surface area (Å²) in [6.07, 6.45) is 2.99. The van der Waals surface area contributed by atoms with Crippen LogP contribution in [0.2, 0.25) is 0 Å². The average Bonchev–Trinajstić information content (AvgIpc) is 3.79. The van der Waals surface area contributed by atoms with Crippen LogP contribution in [0.4, 0.5) is 20.6 Å². The summed E-state index contributed by atoms with van der Waals surface area (Å²) >= 11 is 0. The number of carboxylic acid groups (broad SMARTS) is 1. The molecule has 2 amide bonds. The van der Waals surface area contributed by atoms with Gasteiger partial charge in [0.1, 0.15) is 11.3 Å². The lowest BCUT2D eigenvalue weighted by molar-refractivity contribution is 0.0694. The summed E-state index contributed by atoms with van der Waals surface area (Å²) in [6.45, 7) is 3.10. The molecule has 1 aliphatic heterocycles. The van der Waals surface area contributed by atoms with E-state index in [1.54, 1.807) is 21.3 Å². The number of carbonyl (C=O) groups is 2. The van der Waals surface area contributed by atoms with E-state index in [1.807, 2.05) is 17.0 Å². The number of benzene rings is 2. The molecule has 0 spiro atoms. The molecule has 3 heterocycles. The Kier molecular flexibility index (Phi) is 7.22. The van der Waals surface area contributed by atoms with E-state index >= 15 is 4.39 Å². The van der Waals surface area contributed by atoms with Crippen molar-refractivity contribution in [2.24, 2.45) is 16.0 Å². The Morgan fingerprint density at radius 3 is 2.49 bits per heavy atom. The van der Waals surface area contributed by atoms with Gasteiger partial charge < -0.3 is 34.7 Å². The van der Waals surface area contributed by atoms with Crippen LogP contribution in [0.3, 0.4) is 0 Å². The summed E-state index contributed by atoms with van der Waals surface area (Å²) in [6, 6.07) is 7.42. The van der Waals surface area contributed by atoms with Crippen molar-refractivity contribution in [3.05, 3.63) is 58.1 Å². The standard InChI is InChI=1S/C29H30FN7O6/c1-43-26-23-18(25(38)19(28(40)41)15-37(23)16-6-7-16)14-20(30)24(26)35-11-8-34(9-12-35)10-13-36-21-5-3-2-4-17(21)22(27(36)39)32-33-29(31)42/h2-5,14-16,39H,6-13H2,1H3,(H2,31,42)(H,40,41). The summed E-state index contributed by atoms with van der Waals surface area (Å²) in [4.78, 5) is 39.9. The average molecular weight is 592 g/mol. The maximum atomic E-state index is 15.7. The normalized spacial score (nSPS) is 16.0. The molecule has 1 saturated heterocycles. The third-order valence-electron chi connectivity index (χ3n) is 8.07. The number of carboxylic acids is 1. The van der Waals surface area contributed by atoms with Gasteiger partial charge in [0.2, 0.25) is 11.3 Å². The van der Waals surface area contributed by atoms with Crippen molar-refractivity contribution in [2.45, 2.75) is 25.4 Å². The van der Waals surface area contributed by atoms with Crippen molar-refractivity contribution in [3.8, 4) is 11.6 Å². The van der Waals surface area contributed by atoms with E-state index in [0.29, 0.717) is 50.2 Å². The van der Waals surface area contributed by atoms with Crippen LogP contribution in [0.15, 0.2) is 51.6 Å². The second-order valence-electron chi connectivity index (χ2n) is 10.7. The first-order valence-electron chi connectivity index (χ1n) is 13.9. The fourth-order valence-electron chi connectivity index (χ4n) is 5.86. The quantitative estimate of drug-likeness (QED) is 0.260. The number of azo groups is 1. The molecule has 6 rings (SSSR count). The Morgan fingerprint density at radius 1 is 1.12 bits per heavy atom. The number of urea groups is 1. The zero-order chi connectivity index (χ0) is 30.4. The molecule has 224 valence electrons. The monoisotopic (exact) mass is 591 g/mol. The summed E-state index contributed by atoms with van der Waals surface area (Å²) < 4.78 is 24.8. The predicted octanol–water partition coefficient (Wildman–Crippen LogP) is 3.83. The van der Waals surface area contributed by atoms with E-state index in [-0.39, 0.29) is 34.4 Å². The van der Waals surface area contributed by atoms with Crippen LogP contribution < -0.4 is 20.8 Å². The fraction of sp³-hybridized carbons (Fsp3) is 0.345. The third kappa shape index (κ3) is 5.03. The molecule has 2 fully saturated rings. The first-order valence-corrected chi connectivity index (χ1v) is 13.9. The van der Waals surface area contributed by atoms with Crippen LogP contribution in [-0.4, -0.2) is 76.1 Å². The number of aromatic nitrogens is 2. The summed E-state index contributed by atoms with van der Waals surface area (Å²) in [5.41, 5.74) is 5.48. The van der Waals surface area contributed by atoms with Crippen LogP contribution in [0, 0.1) is 5.82 Å². The first kappa shape index (κ1) is 28.2. The molecule has 14 heteroatoms. The van der Waals surface area contributed by atoms with Gasteiger partial charge in [-0.3, -0.25) is 9.69 Å². The van der Waals surface area contributed by atoms with Gasteiger partial charge >= 0.3 is 12.0 Å². The van der Waals surface area contributed by atoms with Gasteiger partial charge in [0.05, 0.1) is 23.5 Å². The number of aromatic hydroxyl groups is 1. The lowest BCUT2D eigenvalue weighted by atomic mass is 10.1. The number of nitrogens with zero attached hydrogens (tertiary/aromatic N) is 6. The Bertz CT molecular complexity index is 1850. The number of halogens is 1. The largest absolute Gasteiger partial charge is 0.493 e. The second kappa shape index (κ2) is 11.0. The number of nitrogens with two attached hydrogens (primary N) is 1. The SMILES string of the molecule is COc1c(N2CCN(CCn3c(O)c(N=NC(N)=O)c4ccccc43)CC2)c(F)cc2c(=O)c(C(=O)O)cn(C3CC3)c12. The van der Waals surface area contributed by atoms with Crippen LogP contribution in [0.25, 0.3) is 21.8 Å². The summed E-state index contributed by atoms with van der Waals surface area (Å²) in [5, 5.41) is 28.3. The molecule has 2 aromatic heterocycles. The van der Waals surface area contributed by atoms with Crippen molar-refractivity contribution in [3.63, 3.8) is 0 Å². The number of aromatic carboxylic acids is 1. The zero-order valence-electron chi connectivity index (χ0n) is 23.4. The van der Waals surface area contributed by atoms with Gasteiger partial charge in [-0.2, -0.15) is 0 Å². The van der Waals surface area contributed by atoms with E-state index in [0.717, 1.165) is 24.4 Å². The van der Waals surface area contributed by atoms with Gasteiger partial charge in [-0.25, -0.2) is 14.0 Å². The molecule has 2 aliphatic rings. The van der Waals surface area contributed by atoms with Crippen molar-refractivity contribution >= 4 is 45.2 Å². The summed E-state index contributed by atoms with van der Waals surface area (Å²) in [7, 11) is 1.42. The first-order chi connectivity index (χ1) is 20.7. The number of fused-ring (bicyclic) bond motifs is 2. The van der Waals surface area contributed by atoms with Crippen LogP contribution in [0.5, 0.6) is 11.6 Å². The Morgan fingerprint density at radius 2 is 1.84 bits per heavy atom. The highest BCUT2D eigenvalue weighted by Gasteiger charge is 2.32. The number of hydrogen-bond acceptors (Lipinski definition) is 8. The molecule has 0 unspecified atom stereocenters. The topological polar surface area (TPSA) is 168 Å². The number of piperazine rings is 1. The minimum atomic E-state index is -1.35. The van der Waals surface area contributed by atoms with E-state index in [2.05, 4.69) is 15.1 Å². The van der Waals surface area contributed by atoms with Crippen molar-refractivity contribution in [2.75, 3.05) is 44.7 Å². The molecule has 2 aromatic carbocycles. The van der Waals surface area contributed by atoms with Gasteiger partial charge in [-0.15, -0.1) is 5.11 Å². The van der Waals surface area contributed by atoms with Gasteiger partial charge in [0.25, 0.3) is 0 Å². The molecular formula is C29H30FN7O6. The smallest absolute Gasteiger partial charge is 0.356 e. The predicted molar refractivity (Wildman–Crippen MR) is 156 cm³/mol. The Labute approximate surface area is 244 Å². The molecule has 43 heavy (non-hydrogen) atoms. The van der Waals surface area contributed by atoms with E-state index in [4.69, 9.17) is 10.5 Å². The maximum absolute atomic E-state index is 15.7. The number of amides is 2. The molecule has 0 atom stereocenters. The number of carbonyl (C=O) groups excluding carboxylic acids is 1. The maximum Gasteiger partial charge on any atom is 0.356 e. The van der Waals surface area contributed by atoms with Gasteiger partial charge in [-0.1, -0.05) is 23.3 Å². The van der Waals surface area contributed by atoms with E-state index in [9.17, 15) is 24.6 Å². The number of hydrogen-bond donors (Lipinski definition) is 3. The zero-order valence-corrected chi connectivity index (χ0v) is 23.4. The lowest BCUT2D eigenvalue weighted by Crippen LogP contribution is -2.47. The second-order valence-corrected chi connectivity index (χ2v) is 10.7. The van der Waals surface area contributed by atoms with Crippen LogP contribution >= 0.6 is 0 Å². The summed E-state index contributed by atoms with van der Waals surface area (Å²) in [5.74, 6) is -1.92. The van der Waals surface area contributed by atoms with Crippen molar-refractivity contribution in [1.82, 2.24) is 14.0 Å². The van der Waals surface area contributed by atoms with Gasteiger partial charge in [0, 0.05) is 56.9 Å². The van der Waals surface area contributed by atoms with Crippen LogP contribution in [-0.2, 0) is 6.54 Å². The van der Waals surface area contributed by atoms with E-state index < -0.39 is 28.8 Å². The molecule has 0 bridgehead atoms. The minimum absolute atomic E-state index is 0.0166. The highest BCUT2D eigenvalue weighted by atomic mass is 19.1. The molecule has 4 N–H and O–H groups in total. The third-order valence-corrected chi connectivity index (χ3v) is 8.07. The number of primary amides is 1. The Hall–Kier alpha value is -4.98. The van der Waals surface area contributed by atoms with Crippen molar-refractivity contribution < 1.29 is 28.9 Å². The fourth-order valence-corrected chi connectivity index (χ4v) is 5.86. The molecule has 13 nitrogen and oxygen atoms in total. The number of methoxy groups -OCH3 is 1. The number of pyridine rings is 1. The molecule has 0 radical (unpaired) electrons. The molecule has 4 aromatic rings. The van der Waals surface area contributed by atoms with Crippen LogP contribution in [0.1, 0.15) is 29.2 Å². The van der Waals surface area contributed by atoms with Gasteiger partial charge in [0.15, 0.2) is 17.3 Å².